The van der Waals surface area contributed by atoms with Crippen LogP contribution in [0.1, 0.15) is 48.0 Å². The highest BCUT2D eigenvalue weighted by atomic mass is 16.3. The molecule has 4 heterocycles. The molecule has 3 unspecified atom stereocenters. The van der Waals surface area contributed by atoms with Crippen LogP contribution >= 0.6 is 0 Å². The van der Waals surface area contributed by atoms with E-state index in [1.165, 1.54) is 11.1 Å². The number of nitrogens with zero attached hydrogens (tertiary/aromatic N) is 3. The standard InChI is InChI=1S/C24H22N3O2/c28-23-11-6-12-25(23)20-13-19-17-9-4-5-10-18(17)24(20)22-15-27(29)21(14-26(19)22)16-7-2-1-3-8-16/h1-5,7-10,14-15,19-20,24H,6,11-13H2/q+1. The lowest BCUT2D eigenvalue weighted by Crippen LogP contribution is -2.50. The number of amides is 1. The minimum Gasteiger partial charge on any atom is -0.339 e. The summed E-state index contributed by atoms with van der Waals surface area (Å²) in [5.74, 6) is 0.297. The Bertz CT molecular complexity index is 1180. The van der Waals surface area contributed by atoms with E-state index in [2.05, 4.69) is 33.7 Å². The van der Waals surface area contributed by atoms with Gasteiger partial charge < -0.3 is 9.47 Å². The van der Waals surface area contributed by atoms with Gasteiger partial charge in [-0.1, -0.05) is 42.5 Å². The van der Waals surface area contributed by atoms with E-state index in [0.717, 1.165) is 35.1 Å². The lowest BCUT2D eigenvalue weighted by molar-refractivity contribution is -0.484. The molecule has 1 aliphatic carbocycles. The molecule has 1 amide bonds. The monoisotopic (exact) mass is 384 g/mol. The Labute approximate surface area is 168 Å². The average molecular weight is 384 g/mol. The third-order valence-electron chi connectivity index (χ3n) is 6.82. The Balaban J connectivity index is 1.55. The lowest BCUT2D eigenvalue weighted by Gasteiger charge is -2.48. The van der Waals surface area contributed by atoms with Crippen LogP contribution < -0.4 is 4.43 Å². The summed E-state index contributed by atoms with van der Waals surface area (Å²) in [5.41, 5.74) is 5.17. The summed E-state index contributed by atoms with van der Waals surface area (Å²) in [7, 11) is 0. The summed E-state index contributed by atoms with van der Waals surface area (Å²) in [5, 5.41) is 0. The Morgan fingerprint density at radius 1 is 0.966 bits per heavy atom. The van der Waals surface area contributed by atoms with Crippen molar-refractivity contribution >= 4 is 5.91 Å². The minimum absolute atomic E-state index is 0.0447. The zero-order valence-corrected chi connectivity index (χ0v) is 16.1. The molecule has 144 valence electrons. The number of aromatic nitrogens is 2. The predicted molar refractivity (Wildman–Crippen MR) is 109 cm³/mol. The molecule has 1 aromatic heterocycles. The van der Waals surface area contributed by atoms with Crippen molar-refractivity contribution in [2.75, 3.05) is 6.54 Å². The fourth-order valence-corrected chi connectivity index (χ4v) is 5.58. The molecule has 4 aliphatic rings. The van der Waals surface area contributed by atoms with Crippen molar-refractivity contribution in [2.45, 2.75) is 37.3 Å². The largest absolute Gasteiger partial charge is 0.339 e. The summed E-state index contributed by atoms with van der Waals surface area (Å²) in [6.45, 7) is 0.828. The van der Waals surface area contributed by atoms with Gasteiger partial charge in [-0.3, -0.25) is 4.79 Å². The molecular weight excluding hydrogens is 362 g/mol. The predicted octanol–water partition coefficient (Wildman–Crippen LogP) is 3.50. The Kier molecular flexibility index (Phi) is 3.54. The van der Waals surface area contributed by atoms with E-state index in [4.69, 9.17) is 0 Å². The molecule has 3 atom stereocenters. The molecule has 29 heavy (non-hydrogen) atoms. The van der Waals surface area contributed by atoms with Gasteiger partial charge in [0.2, 0.25) is 12.1 Å². The number of fused-ring (bicyclic) bond motifs is 1. The minimum atomic E-state index is 0.0447. The molecule has 0 saturated carbocycles. The van der Waals surface area contributed by atoms with Gasteiger partial charge in [0.05, 0.1) is 33.8 Å². The van der Waals surface area contributed by atoms with Crippen LogP contribution in [0.4, 0.5) is 0 Å². The van der Waals surface area contributed by atoms with Gasteiger partial charge in [0.25, 0.3) is 5.69 Å². The maximum absolute atomic E-state index is 13.0. The number of rotatable bonds is 2. The molecule has 2 aromatic carbocycles. The highest BCUT2D eigenvalue weighted by Crippen LogP contribution is 2.51. The second kappa shape index (κ2) is 6.14. The fourth-order valence-electron chi connectivity index (χ4n) is 5.58. The highest BCUT2D eigenvalue weighted by Gasteiger charge is 2.48. The molecule has 1 saturated heterocycles. The first-order valence-corrected chi connectivity index (χ1v) is 10.3. The third kappa shape index (κ3) is 2.36. The van der Waals surface area contributed by atoms with Crippen LogP contribution in [0, 0.1) is 4.91 Å². The number of hydrogen-bond donors (Lipinski definition) is 0. The van der Waals surface area contributed by atoms with Crippen molar-refractivity contribution < 1.29 is 9.22 Å². The Hall–Kier alpha value is -3.21. The summed E-state index contributed by atoms with van der Waals surface area (Å²) < 4.78 is 3.27. The van der Waals surface area contributed by atoms with Crippen LogP contribution in [0.25, 0.3) is 11.3 Å². The van der Waals surface area contributed by atoms with Crippen molar-refractivity contribution in [1.82, 2.24) is 9.47 Å². The molecule has 0 radical (unpaired) electrons. The van der Waals surface area contributed by atoms with E-state index in [0.29, 0.717) is 12.1 Å². The van der Waals surface area contributed by atoms with Gasteiger partial charge in [0.1, 0.15) is 0 Å². The number of likely N-dealkylation sites (tertiary alicyclic amines) is 1. The Morgan fingerprint density at radius 2 is 1.72 bits per heavy atom. The lowest BCUT2D eigenvalue weighted by atomic mass is 9.71. The van der Waals surface area contributed by atoms with Crippen molar-refractivity contribution in [2.24, 2.45) is 0 Å². The van der Waals surface area contributed by atoms with E-state index in [1.54, 1.807) is 6.20 Å². The van der Waals surface area contributed by atoms with Gasteiger partial charge in [0.15, 0.2) is 0 Å². The van der Waals surface area contributed by atoms with Crippen molar-refractivity contribution in [3.63, 3.8) is 0 Å². The smallest absolute Gasteiger partial charge is 0.286 e. The van der Waals surface area contributed by atoms with Gasteiger partial charge in [-0.05, 0) is 36.1 Å². The van der Waals surface area contributed by atoms with Gasteiger partial charge in [0, 0.05) is 23.9 Å². The average Bonchev–Trinajstić information content (AvgIpc) is 3.19. The normalized spacial score (nSPS) is 24.5. The van der Waals surface area contributed by atoms with E-state index in [1.807, 2.05) is 36.5 Å². The molecule has 0 N–H and O–H groups in total. The molecule has 2 bridgehead atoms. The van der Waals surface area contributed by atoms with Crippen LogP contribution in [-0.2, 0) is 4.79 Å². The topological polar surface area (TPSA) is 48.2 Å². The molecule has 7 rings (SSSR count). The second-order valence-corrected chi connectivity index (χ2v) is 8.28. The highest BCUT2D eigenvalue weighted by molar-refractivity contribution is 5.79. The van der Waals surface area contributed by atoms with Crippen molar-refractivity contribution in [1.29, 1.82) is 0 Å². The molecule has 3 aliphatic heterocycles. The van der Waals surface area contributed by atoms with Crippen LogP contribution in [-0.4, -0.2) is 28.0 Å². The maximum atomic E-state index is 13.0. The number of hydrogen-bond acceptors (Lipinski definition) is 2. The molecule has 5 heteroatoms. The van der Waals surface area contributed by atoms with Gasteiger partial charge in [-0.25, -0.2) is 0 Å². The second-order valence-electron chi connectivity index (χ2n) is 8.28. The van der Waals surface area contributed by atoms with E-state index in [9.17, 15) is 9.70 Å². The van der Waals surface area contributed by atoms with E-state index in [-0.39, 0.29) is 23.9 Å². The van der Waals surface area contributed by atoms with Gasteiger partial charge >= 0.3 is 0 Å². The fraction of sp³-hybridized carbons (Fsp3) is 0.292. The maximum Gasteiger partial charge on any atom is 0.286 e. The van der Waals surface area contributed by atoms with E-state index >= 15 is 0 Å². The summed E-state index contributed by atoms with van der Waals surface area (Å²) in [6.07, 6.45) is 6.23. The van der Waals surface area contributed by atoms with E-state index < -0.39 is 0 Å². The third-order valence-corrected chi connectivity index (χ3v) is 6.82. The quantitative estimate of drug-likeness (QED) is 0.635. The molecule has 5 nitrogen and oxygen atoms in total. The first kappa shape index (κ1) is 16.7. The molecular formula is C24H22N3O2+. The Morgan fingerprint density at radius 3 is 2.48 bits per heavy atom. The van der Waals surface area contributed by atoms with Crippen LogP contribution in [0.5, 0.6) is 0 Å². The van der Waals surface area contributed by atoms with Crippen molar-refractivity contribution in [3.8, 4) is 11.3 Å². The molecule has 1 fully saturated rings. The molecule has 0 spiro atoms. The summed E-state index contributed by atoms with van der Waals surface area (Å²) >= 11 is 0. The molecule has 3 aromatic rings. The zero-order valence-electron chi connectivity index (χ0n) is 16.1. The zero-order chi connectivity index (χ0) is 19.5. The van der Waals surface area contributed by atoms with Gasteiger partial charge in [-0.2, -0.15) is 0 Å². The number of carbonyl (C=O) groups is 1. The van der Waals surface area contributed by atoms with Crippen LogP contribution in [0.15, 0.2) is 67.0 Å². The number of carbonyl (C=O) groups excluding carboxylic acids is 1. The summed E-state index contributed by atoms with van der Waals surface area (Å²) in [6, 6.07) is 18.6. The first-order chi connectivity index (χ1) is 14.2. The summed E-state index contributed by atoms with van der Waals surface area (Å²) in [4.78, 5) is 27.6. The van der Waals surface area contributed by atoms with Crippen LogP contribution in [0.2, 0.25) is 0 Å². The van der Waals surface area contributed by atoms with Crippen LogP contribution in [0.3, 0.4) is 0 Å². The SMILES string of the molecule is O=C1CCCN1C1CC2c3ccccc3C1c1c[n+](=O)c(-c3ccccc3)cn12. The van der Waals surface area contributed by atoms with Crippen molar-refractivity contribution in [3.05, 3.63) is 88.7 Å². The number of benzene rings is 2. The van der Waals surface area contributed by atoms with Gasteiger partial charge in [-0.15, -0.1) is 0 Å². The first-order valence-electron chi connectivity index (χ1n) is 10.3.